The molecule has 2 fully saturated rings. The normalized spacial score (nSPS) is 18.9. The number of piperidine rings is 1. The highest BCUT2D eigenvalue weighted by molar-refractivity contribution is 5.96. The smallest absolute Gasteiger partial charge is 0.254 e. The number of hydrogen-bond donors (Lipinski definition) is 1. The first-order valence-electron chi connectivity index (χ1n) is 9.76. The summed E-state index contributed by atoms with van der Waals surface area (Å²) in [7, 11) is 0. The van der Waals surface area contributed by atoms with Gasteiger partial charge in [0.2, 0.25) is 0 Å². The average molecular weight is 363 g/mol. The Labute approximate surface area is 159 Å². The first-order valence-corrected chi connectivity index (χ1v) is 9.76. The molecule has 0 bridgehead atoms. The molecule has 0 spiro atoms. The van der Waals surface area contributed by atoms with Gasteiger partial charge in [-0.25, -0.2) is 0 Å². The topological polar surface area (TPSA) is 57.6 Å². The van der Waals surface area contributed by atoms with Crippen LogP contribution in [-0.2, 0) is 4.79 Å². The summed E-state index contributed by atoms with van der Waals surface area (Å²) in [6.07, 6.45) is 3.36. The van der Waals surface area contributed by atoms with Gasteiger partial charge in [0, 0.05) is 25.1 Å². The van der Waals surface area contributed by atoms with Crippen LogP contribution in [0, 0.1) is 5.92 Å². The van der Waals surface area contributed by atoms with Crippen molar-refractivity contribution in [3.8, 4) is 11.1 Å². The lowest BCUT2D eigenvalue weighted by molar-refractivity contribution is -0.143. The van der Waals surface area contributed by atoms with Crippen LogP contribution in [0.1, 0.15) is 42.5 Å². The van der Waals surface area contributed by atoms with Crippen molar-refractivity contribution < 1.29 is 14.7 Å². The van der Waals surface area contributed by atoms with E-state index in [0.29, 0.717) is 38.3 Å². The monoisotopic (exact) mass is 363 g/mol. The molecule has 27 heavy (non-hydrogen) atoms. The lowest BCUT2D eigenvalue weighted by Gasteiger charge is -2.33. The zero-order valence-electron chi connectivity index (χ0n) is 15.4. The fourth-order valence-electron chi connectivity index (χ4n) is 3.83. The third kappa shape index (κ3) is 3.96. The Hall–Kier alpha value is -2.46. The molecule has 2 aromatic carbocycles. The van der Waals surface area contributed by atoms with Crippen molar-refractivity contribution >= 4 is 11.7 Å². The van der Waals surface area contributed by atoms with Crippen molar-refractivity contribution in [3.05, 3.63) is 60.2 Å². The van der Waals surface area contributed by atoms with Gasteiger partial charge >= 0.3 is 0 Å². The first kappa shape index (κ1) is 17.9. The van der Waals surface area contributed by atoms with Crippen molar-refractivity contribution in [1.29, 1.82) is 0 Å². The van der Waals surface area contributed by atoms with E-state index >= 15 is 0 Å². The Morgan fingerprint density at radius 1 is 0.926 bits per heavy atom. The quantitative estimate of drug-likeness (QED) is 0.824. The molecule has 1 amide bonds. The zero-order valence-corrected chi connectivity index (χ0v) is 15.4. The van der Waals surface area contributed by atoms with Crippen LogP contribution in [0.4, 0.5) is 0 Å². The van der Waals surface area contributed by atoms with Gasteiger partial charge in [-0.05, 0) is 42.7 Å². The minimum Gasteiger partial charge on any atom is -0.380 e. The number of rotatable bonds is 5. The summed E-state index contributed by atoms with van der Waals surface area (Å²) in [4.78, 5) is 26.6. The molecule has 0 atom stereocenters. The molecule has 1 N–H and O–H groups in total. The summed E-state index contributed by atoms with van der Waals surface area (Å²) >= 11 is 0. The highest BCUT2D eigenvalue weighted by Crippen LogP contribution is 2.38. The van der Waals surface area contributed by atoms with Crippen molar-refractivity contribution in [2.45, 2.75) is 37.7 Å². The van der Waals surface area contributed by atoms with Crippen LogP contribution in [0.2, 0.25) is 0 Å². The first-order chi connectivity index (χ1) is 13.0. The Kier molecular flexibility index (Phi) is 4.83. The summed E-state index contributed by atoms with van der Waals surface area (Å²) in [6.45, 7) is 1.29. The van der Waals surface area contributed by atoms with E-state index in [9.17, 15) is 14.7 Å². The van der Waals surface area contributed by atoms with Crippen LogP contribution < -0.4 is 0 Å². The van der Waals surface area contributed by atoms with Crippen LogP contribution in [0.3, 0.4) is 0 Å². The molecule has 4 heteroatoms. The Bertz CT molecular complexity index is 816. The van der Waals surface area contributed by atoms with E-state index in [4.69, 9.17) is 0 Å². The Morgan fingerprint density at radius 3 is 2.11 bits per heavy atom. The minimum atomic E-state index is -1.08. The third-order valence-electron chi connectivity index (χ3n) is 5.81. The van der Waals surface area contributed by atoms with Crippen LogP contribution in [0.5, 0.6) is 0 Å². The van der Waals surface area contributed by atoms with Crippen molar-refractivity contribution in [2.24, 2.45) is 5.92 Å². The number of carbonyl (C=O) groups is 2. The van der Waals surface area contributed by atoms with Gasteiger partial charge in [0.15, 0.2) is 5.78 Å². The summed E-state index contributed by atoms with van der Waals surface area (Å²) in [6, 6.07) is 17.9. The number of aliphatic hydroxyl groups is 1. The van der Waals surface area contributed by atoms with E-state index in [1.165, 1.54) is 0 Å². The molecular weight excluding hydrogens is 338 g/mol. The van der Waals surface area contributed by atoms with Crippen LogP contribution in [-0.4, -0.2) is 40.4 Å². The maximum atomic E-state index is 12.6. The number of ketones is 1. The molecule has 2 aromatic rings. The SMILES string of the molecule is O=C(CC1CCN(C(=O)C2(O)CC2)CC1)c1ccc(-c2ccccc2)cc1. The molecular formula is C23H25NO3. The summed E-state index contributed by atoms with van der Waals surface area (Å²) in [5.74, 6) is 0.355. The second kappa shape index (κ2) is 7.28. The second-order valence-corrected chi connectivity index (χ2v) is 7.84. The molecule has 4 rings (SSSR count). The average Bonchev–Trinajstić information content (AvgIpc) is 3.47. The minimum absolute atomic E-state index is 0.122. The van der Waals surface area contributed by atoms with E-state index in [1.807, 2.05) is 42.5 Å². The number of carbonyl (C=O) groups excluding carboxylic acids is 2. The Balaban J connectivity index is 1.31. The van der Waals surface area contributed by atoms with E-state index in [2.05, 4.69) is 12.1 Å². The fraction of sp³-hybridized carbons (Fsp3) is 0.391. The standard InChI is InChI=1S/C23H25NO3/c25-21(20-8-6-19(7-9-20)18-4-2-1-3-5-18)16-17-10-14-24(15-11-17)22(26)23(27)12-13-23/h1-9,17,27H,10-16H2. The maximum Gasteiger partial charge on any atom is 0.254 e. The highest BCUT2D eigenvalue weighted by Gasteiger charge is 2.50. The van der Waals surface area contributed by atoms with Crippen LogP contribution in [0.25, 0.3) is 11.1 Å². The van der Waals surface area contributed by atoms with Gasteiger partial charge in [0.05, 0.1) is 0 Å². The van der Waals surface area contributed by atoms with Crippen LogP contribution >= 0.6 is 0 Å². The summed E-state index contributed by atoms with van der Waals surface area (Å²) in [5, 5.41) is 9.97. The van der Waals surface area contributed by atoms with Gasteiger partial charge in [0.1, 0.15) is 5.60 Å². The van der Waals surface area contributed by atoms with Gasteiger partial charge in [-0.1, -0.05) is 54.6 Å². The lowest BCUT2D eigenvalue weighted by atomic mass is 9.89. The van der Waals surface area contributed by atoms with Crippen molar-refractivity contribution in [1.82, 2.24) is 4.90 Å². The van der Waals surface area contributed by atoms with Crippen LogP contribution in [0.15, 0.2) is 54.6 Å². The maximum absolute atomic E-state index is 12.6. The predicted octanol–water partition coefficient (Wildman–Crippen LogP) is 3.69. The molecule has 4 nitrogen and oxygen atoms in total. The largest absolute Gasteiger partial charge is 0.380 e. The van der Waals surface area contributed by atoms with E-state index in [1.54, 1.807) is 4.90 Å². The molecule has 1 heterocycles. The van der Waals surface area contributed by atoms with E-state index in [0.717, 1.165) is 29.5 Å². The zero-order chi connectivity index (χ0) is 18.9. The third-order valence-corrected chi connectivity index (χ3v) is 5.81. The molecule has 1 saturated carbocycles. The van der Waals surface area contributed by atoms with Gasteiger partial charge in [-0.15, -0.1) is 0 Å². The van der Waals surface area contributed by atoms with Crippen molar-refractivity contribution in [3.63, 3.8) is 0 Å². The number of hydrogen-bond acceptors (Lipinski definition) is 3. The Morgan fingerprint density at radius 2 is 1.52 bits per heavy atom. The van der Waals surface area contributed by atoms with Gasteiger partial charge in [-0.2, -0.15) is 0 Å². The fourth-order valence-corrected chi connectivity index (χ4v) is 3.83. The van der Waals surface area contributed by atoms with Gasteiger partial charge in [-0.3, -0.25) is 9.59 Å². The second-order valence-electron chi connectivity index (χ2n) is 7.84. The highest BCUT2D eigenvalue weighted by atomic mass is 16.3. The molecule has 1 aliphatic carbocycles. The molecule has 2 aliphatic rings. The van der Waals surface area contributed by atoms with E-state index in [-0.39, 0.29) is 11.7 Å². The molecule has 140 valence electrons. The number of amides is 1. The lowest BCUT2D eigenvalue weighted by Crippen LogP contribution is -2.45. The summed E-state index contributed by atoms with van der Waals surface area (Å²) < 4.78 is 0. The van der Waals surface area contributed by atoms with E-state index < -0.39 is 5.60 Å². The predicted molar refractivity (Wildman–Crippen MR) is 104 cm³/mol. The van der Waals surface area contributed by atoms with Crippen molar-refractivity contribution in [2.75, 3.05) is 13.1 Å². The van der Waals surface area contributed by atoms with Gasteiger partial charge < -0.3 is 10.0 Å². The molecule has 1 aliphatic heterocycles. The number of benzene rings is 2. The molecule has 1 saturated heterocycles. The molecule has 0 radical (unpaired) electrons. The number of likely N-dealkylation sites (tertiary alicyclic amines) is 1. The number of nitrogens with zero attached hydrogens (tertiary/aromatic N) is 1. The molecule has 0 unspecified atom stereocenters. The summed E-state index contributed by atoms with van der Waals surface area (Å²) in [5.41, 5.74) is 1.92. The van der Waals surface area contributed by atoms with Gasteiger partial charge in [0.25, 0.3) is 5.91 Å². The molecule has 0 aromatic heterocycles. The number of Topliss-reactive ketones (excluding diaryl/α,β-unsaturated/α-hetero) is 1.